The van der Waals surface area contributed by atoms with Crippen molar-refractivity contribution in [3.63, 3.8) is 0 Å². The Morgan fingerprint density at radius 3 is 2.26 bits per heavy atom. The molecule has 1 heterocycles. The van der Waals surface area contributed by atoms with Gasteiger partial charge in [-0.05, 0) is 34.6 Å². The van der Waals surface area contributed by atoms with E-state index in [2.05, 4.69) is 0 Å². The molecule has 0 saturated carbocycles. The van der Waals surface area contributed by atoms with Crippen LogP contribution in [0.2, 0.25) is 0 Å². The van der Waals surface area contributed by atoms with Crippen LogP contribution < -0.4 is 0 Å². The summed E-state index contributed by atoms with van der Waals surface area (Å²) in [5, 5.41) is 9.27. The van der Waals surface area contributed by atoms with Crippen molar-refractivity contribution >= 4 is 12.1 Å². The Morgan fingerprint density at radius 2 is 1.84 bits per heavy atom. The van der Waals surface area contributed by atoms with E-state index in [0.29, 0.717) is 13.1 Å². The molecule has 19 heavy (non-hydrogen) atoms. The number of piperazine rings is 1. The Morgan fingerprint density at radius 1 is 1.26 bits per heavy atom. The molecule has 0 aromatic rings. The summed E-state index contributed by atoms with van der Waals surface area (Å²) in [6.07, 6.45) is -0.442. The maximum absolute atomic E-state index is 12.0. The summed E-state index contributed by atoms with van der Waals surface area (Å²) in [5.74, 6) is -0.901. The lowest BCUT2D eigenvalue weighted by molar-refractivity contribution is -0.146. The van der Waals surface area contributed by atoms with E-state index < -0.39 is 23.7 Å². The minimum Gasteiger partial charge on any atom is -0.480 e. The predicted octanol–water partition coefficient (Wildman–Crippen LogP) is 1.40. The summed E-state index contributed by atoms with van der Waals surface area (Å²) in [7, 11) is 0. The van der Waals surface area contributed by atoms with Crippen molar-refractivity contribution < 1.29 is 19.4 Å². The van der Waals surface area contributed by atoms with Gasteiger partial charge in [0.25, 0.3) is 0 Å². The SMILES string of the molecule is CC(C)N1CCN(C(=O)OC(C)(C)C)CC1C(=O)O. The Bertz CT molecular complexity index is 349. The van der Waals surface area contributed by atoms with E-state index in [0.717, 1.165) is 0 Å². The highest BCUT2D eigenvalue weighted by Gasteiger charge is 2.36. The van der Waals surface area contributed by atoms with Crippen molar-refractivity contribution in [2.75, 3.05) is 19.6 Å². The summed E-state index contributed by atoms with van der Waals surface area (Å²) in [6.45, 7) is 10.5. The lowest BCUT2D eigenvalue weighted by Crippen LogP contribution is -2.60. The minimum absolute atomic E-state index is 0.141. The van der Waals surface area contributed by atoms with E-state index in [1.807, 2.05) is 18.7 Å². The molecule has 1 amide bonds. The minimum atomic E-state index is -0.901. The highest BCUT2D eigenvalue weighted by atomic mass is 16.6. The molecule has 6 nitrogen and oxygen atoms in total. The summed E-state index contributed by atoms with van der Waals surface area (Å²) >= 11 is 0. The van der Waals surface area contributed by atoms with Crippen molar-refractivity contribution in [1.82, 2.24) is 9.80 Å². The zero-order valence-electron chi connectivity index (χ0n) is 12.3. The molecule has 1 aliphatic heterocycles. The molecular weight excluding hydrogens is 248 g/mol. The van der Waals surface area contributed by atoms with Gasteiger partial charge >= 0.3 is 12.1 Å². The Balaban J connectivity index is 2.71. The molecule has 1 aliphatic rings. The monoisotopic (exact) mass is 272 g/mol. The van der Waals surface area contributed by atoms with Crippen molar-refractivity contribution in [3.8, 4) is 0 Å². The van der Waals surface area contributed by atoms with Gasteiger partial charge in [0.1, 0.15) is 11.6 Å². The highest BCUT2D eigenvalue weighted by Crippen LogP contribution is 2.17. The second-order valence-corrected chi connectivity index (χ2v) is 6.11. The summed E-state index contributed by atoms with van der Waals surface area (Å²) in [5.41, 5.74) is -0.564. The summed E-state index contributed by atoms with van der Waals surface area (Å²) in [6, 6.07) is -0.525. The first-order valence-corrected chi connectivity index (χ1v) is 6.58. The summed E-state index contributed by atoms with van der Waals surface area (Å²) < 4.78 is 5.28. The number of rotatable bonds is 2. The van der Waals surface area contributed by atoms with Crippen LogP contribution in [0.1, 0.15) is 34.6 Å². The van der Waals surface area contributed by atoms with E-state index in [1.165, 1.54) is 4.90 Å². The molecule has 1 rings (SSSR count). The quantitative estimate of drug-likeness (QED) is 0.823. The molecule has 110 valence electrons. The standard InChI is InChI=1S/C13H24N2O4/c1-9(2)15-7-6-14(8-10(15)11(16)17)12(18)19-13(3,4)5/h9-10H,6-8H2,1-5H3,(H,16,17). The van der Waals surface area contributed by atoms with Crippen LogP contribution in [0, 0.1) is 0 Å². The van der Waals surface area contributed by atoms with Crippen LogP contribution in [0.15, 0.2) is 0 Å². The van der Waals surface area contributed by atoms with Gasteiger partial charge in [0.05, 0.1) is 6.54 Å². The number of hydrogen-bond donors (Lipinski definition) is 1. The normalized spacial score (nSPS) is 21.6. The lowest BCUT2D eigenvalue weighted by atomic mass is 10.1. The van der Waals surface area contributed by atoms with Gasteiger partial charge in [-0.3, -0.25) is 9.69 Å². The number of aliphatic carboxylic acids is 1. The number of carboxylic acid groups (broad SMARTS) is 1. The molecule has 0 radical (unpaired) electrons. The third kappa shape index (κ3) is 4.38. The van der Waals surface area contributed by atoms with Crippen molar-refractivity contribution in [1.29, 1.82) is 0 Å². The molecule has 6 heteroatoms. The van der Waals surface area contributed by atoms with Gasteiger partial charge in [-0.2, -0.15) is 0 Å². The lowest BCUT2D eigenvalue weighted by Gasteiger charge is -2.41. The third-order valence-electron chi connectivity index (χ3n) is 3.02. The van der Waals surface area contributed by atoms with Gasteiger partial charge in [0.15, 0.2) is 0 Å². The molecule has 0 bridgehead atoms. The average molecular weight is 272 g/mol. The molecule has 1 N–H and O–H groups in total. The summed E-state index contributed by atoms with van der Waals surface area (Å²) in [4.78, 5) is 26.6. The molecule has 1 unspecified atom stereocenters. The molecule has 1 saturated heterocycles. The third-order valence-corrected chi connectivity index (χ3v) is 3.02. The number of hydrogen-bond acceptors (Lipinski definition) is 4. The molecule has 1 atom stereocenters. The van der Waals surface area contributed by atoms with Crippen LogP contribution in [-0.2, 0) is 9.53 Å². The van der Waals surface area contributed by atoms with Gasteiger partial charge in [0.2, 0.25) is 0 Å². The molecule has 1 fully saturated rings. The fourth-order valence-electron chi connectivity index (χ4n) is 2.13. The zero-order chi connectivity index (χ0) is 14.8. The number of amides is 1. The second-order valence-electron chi connectivity index (χ2n) is 6.11. The molecule has 0 aromatic heterocycles. The van der Waals surface area contributed by atoms with Gasteiger partial charge in [0, 0.05) is 19.1 Å². The van der Waals surface area contributed by atoms with E-state index in [4.69, 9.17) is 4.74 Å². The fourth-order valence-corrected chi connectivity index (χ4v) is 2.13. The van der Waals surface area contributed by atoms with Gasteiger partial charge in [-0.1, -0.05) is 0 Å². The highest BCUT2D eigenvalue weighted by molar-refractivity contribution is 5.76. The first kappa shape index (κ1) is 15.8. The first-order valence-electron chi connectivity index (χ1n) is 6.58. The smallest absolute Gasteiger partial charge is 0.410 e. The zero-order valence-corrected chi connectivity index (χ0v) is 12.3. The number of ether oxygens (including phenoxy) is 1. The van der Waals surface area contributed by atoms with E-state index in [-0.39, 0.29) is 12.6 Å². The first-order chi connectivity index (χ1) is 8.61. The predicted molar refractivity (Wildman–Crippen MR) is 71.1 cm³/mol. The van der Waals surface area contributed by atoms with Crippen LogP contribution in [0.5, 0.6) is 0 Å². The molecule has 0 spiro atoms. The van der Waals surface area contributed by atoms with E-state index in [1.54, 1.807) is 20.8 Å². The van der Waals surface area contributed by atoms with Crippen LogP contribution in [0.4, 0.5) is 4.79 Å². The Labute approximate surface area is 114 Å². The average Bonchev–Trinajstić information content (AvgIpc) is 2.25. The maximum atomic E-state index is 12.0. The van der Waals surface area contributed by atoms with E-state index in [9.17, 15) is 14.7 Å². The van der Waals surface area contributed by atoms with Crippen LogP contribution in [-0.4, -0.2) is 64.3 Å². The van der Waals surface area contributed by atoms with E-state index >= 15 is 0 Å². The Kier molecular flexibility index (Phi) is 4.79. The van der Waals surface area contributed by atoms with Crippen molar-refractivity contribution in [3.05, 3.63) is 0 Å². The van der Waals surface area contributed by atoms with Crippen LogP contribution in [0.3, 0.4) is 0 Å². The van der Waals surface area contributed by atoms with Gasteiger partial charge < -0.3 is 14.7 Å². The number of carbonyl (C=O) groups is 2. The Hall–Kier alpha value is -1.30. The number of carboxylic acids is 1. The molecular formula is C13H24N2O4. The maximum Gasteiger partial charge on any atom is 0.410 e. The second kappa shape index (κ2) is 5.77. The number of carbonyl (C=O) groups excluding carboxylic acids is 1. The van der Waals surface area contributed by atoms with Crippen LogP contribution in [0.25, 0.3) is 0 Å². The fraction of sp³-hybridized carbons (Fsp3) is 0.846. The molecule has 0 aliphatic carbocycles. The van der Waals surface area contributed by atoms with Crippen molar-refractivity contribution in [2.45, 2.75) is 52.3 Å². The topological polar surface area (TPSA) is 70.1 Å². The number of nitrogens with zero attached hydrogens (tertiary/aromatic N) is 2. The largest absolute Gasteiger partial charge is 0.480 e. The van der Waals surface area contributed by atoms with Crippen molar-refractivity contribution in [2.24, 2.45) is 0 Å². The van der Waals surface area contributed by atoms with Gasteiger partial charge in [-0.15, -0.1) is 0 Å². The van der Waals surface area contributed by atoms with Gasteiger partial charge in [-0.25, -0.2) is 4.79 Å². The molecule has 0 aromatic carbocycles. The van der Waals surface area contributed by atoms with Crippen LogP contribution >= 0.6 is 0 Å².